The number of likely N-dealkylation sites (tertiary alicyclic amines) is 1. The Balaban J connectivity index is 1.45. The molecule has 1 amide bonds. The average Bonchev–Trinajstić information content (AvgIpc) is 3.41. The Morgan fingerprint density at radius 2 is 1.28 bits per heavy atom. The molecule has 1 saturated heterocycles. The number of hydrogen-bond acceptors (Lipinski definition) is 5. The van der Waals surface area contributed by atoms with Gasteiger partial charge < -0.3 is 14.2 Å². The van der Waals surface area contributed by atoms with Gasteiger partial charge in [-0.3, -0.25) is 4.90 Å². The lowest BCUT2D eigenvalue weighted by atomic mass is 9.89. The van der Waals surface area contributed by atoms with E-state index < -0.39 is 23.7 Å². The largest absolute Gasteiger partial charge is 0.467 e. The van der Waals surface area contributed by atoms with Gasteiger partial charge in [0.1, 0.15) is 18.2 Å². The first-order valence-electron chi connectivity index (χ1n) is 13.0. The molecule has 1 aliphatic rings. The van der Waals surface area contributed by atoms with E-state index in [2.05, 4.69) is 12.1 Å². The molecule has 1 unspecified atom stereocenters. The maximum atomic E-state index is 13.3. The lowest BCUT2D eigenvalue weighted by Gasteiger charge is -2.30. The lowest BCUT2D eigenvalue weighted by molar-refractivity contribution is -0.145. The predicted octanol–water partition coefficient (Wildman–Crippen LogP) is 6.35. The van der Waals surface area contributed by atoms with Gasteiger partial charge in [-0.05, 0) is 27.8 Å². The minimum atomic E-state index is -0.935. The number of rotatable bonds is 8. The van der Waals surface area contributed by atoms with Crippen molar-refractivity contribution in [2.45, 2.75) is 31.3 Å². The highest BCUT2D eigenvalue weighted by molar-refractivity contribution is 5.82. The van der Waals surface area contributed by atoms with Gasteiger partial charge in [0, 0.05) is 6.42 Å². The molecular weight excluding hydrogens is 490 g/mol. The molecule has 4 aromatic carbocycles. The molecular formula is C33H31NO5. The molecule has 0 bridgehead atoms. The molecule has 4 aromatic rings. The molecule has 6 nitrogen and oxygen atoms in total. The zero-order chi connectivity index (χ0) is 27.1. The summed E-state index contributed by atoms with van der Waals surface area (Å²) in [5, 5.41) is 0. The molecule has 0 spiro atoms. The minimum Gasteiger partial charge on any atom is -0.467 e. The Morgan fingerprint density at radius 3 is 1.87 bits per heavy atom. The number of ether oxygens (including phenoxy) is 3. The second-order valence-electron chi connectivity index (χ2n) is 9.62. The summed E-state index contributed by atoms with van der Waals surface area (Å²) < 4.78 is 17.4. The molecule has 0 radical (unpaired) electrons. The predicted molar refractivity (Wildman–Crippen MR) is 149 cm³/mol. The molecule has 1 heterocycles. The topological polar surface area (TPSA) is 65.1 Å². The fourth-order valence-corrected chi connectivity index (χ4v) is 5.00. The number of methoxy groups -OCH3 is 1. The van der Waals surface area contributed by atoms with Gasteiger partial charge in [-0.2, -0.15) is 0 Å². The van der Waals surface area contributed by atoms with E-state index in [1.54, 1.807) is 0 Å². The van der Waals surface area contributed by atoms with Crippen LogP contribution in [0.1, 0.15) is 23.1 Å². The highest BCUT2D eigenvalue weighted by Crippen LogP contribution is 2.41. The van der Waals surface area contributed by atoms with Gasteiger partial charge in [0.25, 0.3) is 0 Å². The van der Waals surface area contributed by atoms with Crippen LogP contribution in [0.3, 0.4) is 0 Å². The van der Waals surface area contributed by atoms with Gasteiger partial charge in [-0.1, -0.05) is 115 Å². The fourth-order valence-electron chi connectivity index (χ4n) is 5.00. The summed E-state index contributed by atoms with van der Waals surface area (Å²) in [5.74, 6) is -0.502. The van der Waals surface area contributed by atoms with Crippen LogP contribution in [0.25, 0.3) is 11.1 Å². The average molecular weight is 522 g/mol. The Kier molecular flexibility index (Phi) is 8.04. The Hall–Kier alpha value is -4.42. The van der Waals surface area contributed by atoms with Crippen molar-refractivity contribution in [2.24, 2.45) is 0 Å². The van der Waals surface area contributed by atoms with Gasteiger partial charge in [-0.15, -0.1) is 0 Å². The Bertz CT molecular complexity index is 1380. The third-order valence-electron chi connectivity index (χ3n) is 7.11. The zero-order valence-corrected chi connectivity index (χ0v) is 21.9. The first-order valence-corrected chi connectivity index (χ1v) is 13.0. The van der Waals surface area contributed by atoms with Gasteiger partial charge in [0.15, 0.2) is 0 Å². The second-order valence-corrected chi connectivity index (χ2v) is 9.62. The van der Waals surface area contributed by atoms with Crippen molar-refractivity contribution in [3.63, 3.8) is 0 Å². The van der Waals surface area contributed by atoms with Crippen LogP contribution in [0.15, 0.2) is 115 Å². The van der Waals surface area contributed by atoms with E-state index in [1.807, 2.05) is 103 Å². The second kappa shape index (κ2) is 12.0. The van der Waals surface area contributed by atoms with E-state index in [9.17, 15) is 9.59 Å². The van der Waals surface area contributed by atoms with Gasteiger partial charge in [-0.25, -0.2) is 9.59 Å². The number of esters is 1. The summed E-state index contributed by atoms with van der Waals surface area (Å²) in [6.45, 7) is 0.577. The number of nitrogens with zero attached hydrogens (tertiary/aromatic N) is 1. The summed E-state index contributed by atoms with van der Waals surface area (Å²) in [6.07, 6.45) is -0.335. The minimum absolute atomic E-state index is 0.105. The standard InChI is InChI=1S/C33H31NO5/c1-37-31(35)30-21-33(39-23-26-13-7-3-8-14-26,24-34(30)32(36)38-22-25-11-5-2-6-12-25)29-19-17-28(18-20-29)27-15-9-4-10-16-27/h2-20,30H,21-24H2,1H3/t30?,33-/m0/s1. The van der Waals surface area contributed by atoms with Crippen molar-refractivity contribution in [1.82, 2.24) is 4.90 Å². The number of amides is 1. The summed E-state index contributed by atoms with van der Waals surface area (Å²) in [5.41, 5.74) is 3.98. The summed E-state index contributed by atoms with van der Waals surface area (Å²) in [7, 11) is 1.33. The molecule has 1 aliphatic heterocycles. The number of benzene rings is 4. The van der Waals surface area contributed by atoms with Crippen LogP contribution in [0.2, 0.25) is 0 Å². The van der Waals surface area contributed by atoms with Crippen LogP contribution in [0.5, 0.6) is 0 Å². The van der Waals surface area contributed by atoms with Gasteiger partial charge in [0.05, 0.1) is 20.3 Å². The van der Waals surface area contributed by atoms with Crippen LogP contribution in [0, 0.1) is 0 Å². The van der Waals surface area contributed by atoms with E-state index in [-0.39, 0.29) is 19.6 Å². The summed E-state index contributed by atoms with van der Waals surface area (Å²) in [4.78, 5) is 27.7. The van der Waals surface area contributed by atoms with Crippen LogP contribution in [-0.4, -0.2) is 36.7 Å². The van der Waals surface area contributed by atoms with E-state index >= 15 is 0 Å². The van der Waals surface area contributed by atoms with Crippen molar-refractivity contribution in [2.75, 3.05) is 13.7 Å². The van der Waals surface area contributed by atoms with Crippen molar-refractivity contribution in [3.8, 4) is 11.1 Å². The Labute approximate surface area is 228 Å². The third-order valence-corrected chi connectivity index (χ3v) is 7.11. The summed E-state index contributed by atoms with van der Waals surface area (Å²) >= 11 is 0. The Morgan fingerprint density at radius 1 is 0.744 bits per heavy atom. The third kappa shape index (κ3) is 6.02. The first-order chi connectivity index (χ1) is 19.1. The molecule has 2 atom stereocenters. The van der Waals surface area contributed by atoms with E-state index in [0.717, 1.165) is 27.8 Å². The monoisotopic (exact) mass is 521 g/mol. The maximum absolute atomic E-state index is 13.3. The molecule has 0 aromatic heterocycles. The molecule has 0 saturated carbocycles. The van der Waals surface area contributed by atoms with Gasteiger partial charge >= 0.3 is 12.1 Å². The van der Waals surface area contributed by atoms with Crippen molar-refractivity contribution >= 4 is 12.1 Å². The smallest absolute Gasteiger partial charge is 0.410 e. The molecule has 0 aliphatic carbocycles. The van der Waals surface area contributed by atoms with Crippen LogP contribution < -0.4 is 0 Å². The van der Waals surface area contributed by atoms with E-state index in [4.69, 9.17) is 14.2 Å². The van der Waals surface area contributed by atoms with E-state index in [0.29, 0.717) is 6.61 Å². The number of carbonyl (C=O) groups is 2. The van der Waals surface area contributed by atoms with Crippen LogP contribution >= 0.6 is 0 Å². The number of hydrogen-bond donors (Lipinski definition) is 0. The van der Waals surface area contributed by atoms with E-state index in [1.165, 1.54) is 12.0 Å². The number of carbonyl (C=O) groups excluding carboxylic acids is 2. The van der Waals surface area contributed by atoms with Gasteiger partial charge in [0.2, 0.25) is 0 Å². The van der Waals surface area contributed by atoms with Crippen LogP contribution in [0.4, 0.5) is 4.79 Å². The maximum Gasteiger partial charge on any atom is 0.410 e. The first kappa shape index (κ1) is 26.2. The normalized spacial score (nSPS) is 18.5. The highest BCUT2D eigenvalue weighted by atomic mass is 16.6. The molecule has 5 rings (SSSR count). The van der Waals surface area contributed by atoms with Crippen molar-refractivity contribution in [1.29, 1.82) is 0 Å². The molecule has 6 heteroatoms. The molecule has 1 fully saturated rings. The van der Waals surface area contributed by atoms with Crippen molar-refractivity contribution < 1.29 is 23.8 Å². The molecule has 198 valence electrons. The SMILES string of the molecule is COC(=O)C1C[C@@](OCc2ccccc2)(c2ccc(-c3ccccc3)cc2)CN1C(=O)OCc1ccccc1. The fraction of sp³-hybridized carbons (Fsp3) is 0.212. The quantitative estimate of drug-likeness (QED) is 0.253. The zero-order valence-electron chi connectivity index (χ0n) is 21.9. The van der Waals surface area contributed by atoms with Crippen molar-refractivity contribution in [3.05, 3.63) is 132 Å². The molecule has 39 heavy (non-hydrogen) atoms. The highest BCUT2D eigenvalue weighted by Gasteiger charge is 2.52. The van der Waals surface area contributed by atoms with Crippen LogP contribution in [-0.2, 0) is 37.8 Å². The lowest BCUT2D eigenvalue weighted by Crippen LogP contribution is -2.42. The molecule has 0 N–H and O–H groups in total. The summed E-state index contributed by atoms with van der Waals surface area (Å²) in [6, 6.07) is 36.7.